The minimum atomic E-state index is -2.00. The first kappa shape index (κ1) is 34.3. The first-order valence-electron chi connectivity index (χ1n) is 16.2. The van der Waals surface area contributed by atoms with Crippen LogP contribution in [0.5, 0.6) is 0 Å². The molecule has 49 heavy (non-hydrogen) atoms. The van der Waals surface area contributed by atoms with Gasteiger partial charge in [-0.25, -0.2) is 14.4 Å². The third-order valence-electron chi connectivity index (χ3n) is 10.4. The van der Waals surface area contributed by atoms with E-state index in [-0.39, 0.29) is 23.1 Å². The summed E-state index contributed by atoms with van der Waals surface area (Å²) in [5.74, 6) is -4.15. The van der Waals surface area contributed by atoms with Crippen LogP contribution in [-0.2, 0) is 28.5 Å². The van der Waals surface area contributed by atoms with Gasteiger partial charge in [-0.2, -0.15) is 0 Å². The van der Waals surface area contributed by atoms with Gasteiger partial charge in [0.25, 0.3) is 0 Å². The molecular weight excluding hydrogens is 632 g/mol. The van der Waals surface area contributed by atoms with E-state index in [0.29, 0.717) is 0 Å². The van der Waals surface area contributed by atoms with Crippen molar-refractivity contribution in [2.75, 3.05) is 0 Å². The summed E-state index contributed by atoms with van der Waals surface area (Å²) >= 11 is 0. The Hall–Kier alpha value is -4.58. The monoisotopic (exact) mass is 672 g/mol. The van der Waals surface area contributed by atoms with Gasteiger partial charge in [0, 0.05) is 13.3 Å². The molecule has 6 rings (SSSR count). The van der Waals surface area contributed by atoms with Crippen molar-refractivity contribution < 1.29 is 53.1 Å². The lowest BCUT2D eigenvalue weighted by Crippen LogP contribution is -2.83. The summed E-state index contributed by atoms with van der Waals surface area (Å²) in [6, 6.07) is 24.4. The molecule has 2 N–H and O–H groups in total. The zero-order valence-electron chi connectivity index (χ0n) is 27.9. The van der Waals surface area contributed by atoms with E-state index in [1.54, 1.807) is 105 Å². The van der Waals surface area contributed by atoms with Crippen LogP contribution in [0.2, 0.25) is 0 Å². The van der Waals surface area contributed by atoms with Gasteiger partial charge in [0.1, 0.15) is 17.8 Å². The van der Waals surface area contributed by atoms with Gasteiger partial charge in [-0.3, -0.25) is 4.79 Å². The standard InChI is InChI=1S/C38H40O11/c1-22(39)45-30-26(46-32(41)23-15-9-6-10-16-23)21-36(4,44)38-29(40)27(35(2,3)49-38)28(47-33(42)24-17-11-7-12-18-24)31(37(30,38)5)48-34(43)25-19-13-8-14-20-25/h6-20,26-31,40,44H,21H2,1-5H3/t26-,27+,28+,29+,30-,31-,36-,37-,38-/m0/s1. The van der Waals surface area contributed by atoms with E-state index >= 15 is 0 Å². The van der Waals surface area contributed by atoms with Crippen LogP contribution in [0.4, 0.5) is 0 Å². The van der Waals surface area contributed by atoms with Gasteiger partial charge < -0.3 is 33.9 Å². The second-order valence-corrected chi connectivity index (χ2v) is 13.9. The highest BCUT2D eigenvalue weighted by Crippen LogP contribution is 2.68. The Bertz CT molecular complexity index is 1720. The highest BCUT2D eigenvalue weighted by molar-refractivity contribution is 5.91. The van der Waals surface area contributed by atoms with Crippen molar-refractivity contribution >= 4 is 23.9 Å². The van der Waals surface area contributed by atoms with Gasteiger partial charge in [0.15, 0.2) is 12.2 Å². The van der Waals surface area contributed by atoms with Gasteiger partial charge >= 0.3 is 23.9 Å². The second-order valence-electron chi connectivity index (χ2n) is 13.9. The van der Waals surface area contributed by atoms with Gasteiger partial charge in [0.2, 0.25) is 0 Å². The van der Waals surface area contributed by atoms with E-state index in [0.717, 1.165) is 6.92 Å². The van der Waals surface area contributed by atoms with Crippen molar-refractivity contribution in [3.05, 3.63) is 108 Å². The van der Waals surface area contributed by atoms with Gasteiger partial charge in [-0.05, 0) is 64.1 Å². The number of aliphatic hydroxyl groups excluding tert-OH is 1. The number of fused-ring (bicyclic) bond motifs is 1. The first-order chi connectivity index (χ1) is 23.1. The zero-order chi connectivity index (χ0) is 35.4. The van der Waals surface area contributed by atoms with E-state index in [1.807, 2.05) is 0 Å². The lowest BCUT2D eigenvalue weighted by Gasteiger charge is -2.65. The van der Waals surface area contributed by atoms with E-state index in [4.69, 9.17) is 23.7 Å². The molecule has 3 fully saturated rings. The predicted octanol–water partition coefficient (Wildman–Crippen LogP) is 4.29. The minimum absolute atomic E-state index is 0.172. The lowest BCUT2D eigenvalue weighted by atomic mass is 9.46. The maximum atomic E-state index is 13.9. The molecule has 2 aliphatic carbocycles. The van der Waals surface area contributed by atoms with Crippen molar-refractivity contribution in [3.63, 3.8) is 0 Å². The van der Waals surface area contributed by atoms with Crippen LogP contribution in [0.15, 0.2) is 91.0 Å². The topological polar surface area (TPSA) is 155 Å². The third kappa shape index (κ3) is 5.50. The Labute approximate surface area is 284 Å². The smallest absolute Gasteiger partial charge is 0.338 e. The number of rotatable bonds is 7. The van der Waals surface area contributed by atoms with Crippen LogP contribution >= 0.6 is 0 Å². The highest BCUT2D eigenvalue weighted by Gasteiger charge is 2.86. The predicted molar refractivity (Wildman–Crippen MR) is 173 cm³/mol. The normalized spacial score (nSPS) is 34.2. The second kappa shape index (κ2) is 12.4. The number of aliphatic hydroxyl groups is 2. The average molecular weight is 673 g/mol. The molecule has 0 amide bonds. The number of ether oxygens (including phenoxy) is 5. The summed E-state index contributed by atoms with van der Waals surface area (Å²) < 4.78 is 31.2. The van der Waals surface area contributed by atoms with E-state index in [9.17, 15) is 29.4 Å². The van der Waals surface area contributed by atoms with E-state index in [1.165, 1.54) is 13.8 Å². The molecule has 3 aliphatic rings. The fourth-order valence-corrected chi connectivity index (χ4v) is 8.45. The maximum absolute atomic E-state index is 13.9. The van der Waals surface area contributed by atoms with E-state index in [2.05, 4.69) is 0 Å². The number of esters is 4. The van der Waals surface area contributed by atoms with Crippen molar-refractivity contribution in [2.24, 2.45) is 11.3 Å². The van der Waals surface area contributed by atoms with Crippen LogP contribution in [0.25, 0.3) is 0 Å². The summed E-state index contributed by atoms with van der Waals surface area (Å²) in [7, 11) is 0. The number of hydrogen-bond donors (Lipinski definition) is 2. The number of benzene rings is 3. The van der Waals surface area contributed by atoms with Crippen molar-refractivity contribution in [1.82, 2.24) is 0 Å². The largest absolute Gasteiger partial charge is 0.458 e. The molecule has 3 aromatic carbocycles. The Morgan fingerprint density at radius 2 is 1.12 bits per heavy atom. The van der Waals surface area contributed by atoms with Gasteiger partial charge in [0.05, 0.1) is 45.3 Å². The van der Waals surface area contributed by atoms with Crippen LogP contribution in [0.1, 0.15) is 72.1 Å². The molecule has 9 atom stereocenters. The molecular formula is C38H40O11. The van der Waals surface area contributed by atoms with Crippen LogP contribution < -0.4 is 0 Å². The molecule has 3 aromatic rings. The Morgan fingerprint density at radius 1 is 0.673 bits per heavy atom. The van der Waals surface area contributed by atoms with Crippen LogP contribution in [-0.4, -0.2) is 81.4 Å². The molecule has 2 bridgehead atoms. The summed E-state index contributed by atoms with van der Waals surface area (Å²) in [5, 5.41) is 24.9. The maximum Gasteiger partial charge on any atom is 0.338 e. The minimum Gasteiger partial charge on any atom is -0.458 e. The molecule has 1 saturated heterocycles. The van der Waals surface area contributed by atoms with Crippen molar-refractivity contribution in [1.29, 1.82) is 0 Å². The molecule has 0 radical (unpaired) electrons. The first-order valence-corrected chi connectivity index (χ1v) is 16.2. The highest BCUT2D eigenvalue weighted by atomic mass is 16.6. The van der Waals surface area contributed by atoms with Crippen molar-refractivity contribution in [3.8, 4) is 0 Å². The Kier molecular flexibility index (Phi) is 8.67. The average Bonchev–Trinajstić information content (AvgIpc) is 3.26. The molecule has 0 aromatic heterocycles. The summed E-state index contributed by atoms with van der Waals surface area (Å²) in [5.41, 5.74) is -6.61. The molecule has 11 heteroatoms. The SMILES string of the molecule is CC(=O)O[C@H]1[C@@H](OC(=O)c2ccccc2)C[C@](C)(O)[C@]23OC(C)(C)[C@H]([C@@H](OC(=O)c4ccccc4)[C@H](OC(=O)c4ccccc4)[C@]12C)[C@H]3O. The third-order valence-corrected chi connectivity index (χ3v) is 10.4. The van der Waals surface area contributed by atoms with E-state index < -0.39 is 82.5 Å². The molecule has 11 nitrogen and oxygen atoms in total. The number of carbonyl (C=O) groups excluding carboxylic acids is 4. The zero-order valence-corrected chi connectivity index (χ0v) is 27.9. The fraction of sp³-hybridized carbons (Fsp3) is 0.421. The van der Waals surface area contributed by atoms with Gasteiger partial charge in [-0.1, -0.05) is 54.6 Å². The molecule has 0 unspecified atom stereocenters. The fourth-order valence-electron chi connectivity index (χ4n) is 8.45. The molecule has 1 heterocycles. The lowest BCUT2D eigenvalue weighted by molar-refractivity contribution is -0.349. The number of carbonyl (C=O) groups is 4. The summed E-state index contributed by atoms with van der Waals surface area (Å²) in [6.45, 7) is 7.49. The van der Waals surface area contributed by atoms with Gasteiger partial charge in [-0.15, -0.1) is 0 Å². The Morgan fingerprint density at radius 3 is 1.59 bits per heavy atom. The number of hydrogen-bond acceptors (Lipinski definition) is 11. The van der Waals surface area contributed by atoms with Crippen LogP contribution in [0.3, 0.4) is 0 Å². The quantitative estimate of drug-likeness (QED) is 0.273. The molecule has 1 aliphatic heterocycles. The summed E-state index contributed by atoms with van der Waals surface area (Å²) in [4.78, 5) is 54.0. The molecule has 2 saturated carbocycles. The molecule has 1 spiro atoms. The summed E-state index contributed by atoms with van der Waals surface area (Å²) in [6.07, 6.45) is -7.60. The van der Waals surface area contributed by atoms with Crippen LogP contribution in [0, 0.1) is 11.3 Å². The Balaban J connectivity index is 1.55. The van der Waals surface area contributed by atoms with Crippen molar-refractivity contribution in [2.45, 2.75) is 88.4 Å². The molecule has 258 valence electrons.